The Bertz CT molecular complexity index is 845. The van der Waals surface area contributed by atoms with Gasteiger partial charge in [0.25, 0.3) is 0 Å². The summed E-state index contributed by atoms with van der Waals surface area (Å²) in [5.74, 6) is 1.68. The molecule has 2 nitrogen and oxygen atoms in total. The summed E-state index contributed by atoms with van der Waals surface area (Å²) in [6, 6.07) is 8.61. The first kappa shape index (κ1) is 33.1. The van der Waals surface area contributed by atoms with Gasteiger partial charge in [0.15, 0.2) is 0 Å². The van der Waals surface area contributed by atoms with E-state index in [1.54, 1.807) is 0 Å². The summed E-state index contributed by atoms with van der Waals surface area (Å²) in [5.41, 5.74) is 2.11. The van der Waals surface area contributed by atoms with Crippen LogP contribution in [0.5, 0.6) is 11.5 Å². The Labute approximate surface area is 276 Å². The van der Waals surface area contributed by atoms with E-state index in [1.807, 2.05) is 0 Å². The molecule has 2 atom stereocenters. The predicted octanol–water partition coefficient (Wildman–Crippen LogP) is 11.7. The van der Waals surface area contributed by atoms with Gasteiger partial charge in [-0.2, -0.15) is 0 Å². The van der Waals surface area contributed by atoms with Crippen molar-refractivity contribution in [2.75, 3.05) is 23.9 Å². The molecule has 2 aromatic carbocycles. The zero-order valence-electron chi connectivity index (χ0n) is 19.5. The lowest BCUT2D eigenvalue weighted by molar-refractivity contribution is 0.303. The van der Waals surface area contributed by atoms with Crippen molar-refractivity contribution in [1.82, 2.24) is 0 Å². The van der Waals surface area contributed by atoms with Gasteiger partial charge in [0.2, 0.25) is 0 Å². The number of halogens is 8. The molecular weight excluding hydrogens is 972 g/mol. The molecule has 0 spiro atoms. The standard InChI is InChI=1S/C25H28Br8O2/c1-25(2,15-9-19(30)23(20(31)10-15)34-7-3-5-17(28)13-26)16-11-21(32)24(22(33)12-16)35-8-4-6-18(29)14-27/h9-12,17-18H,3-8,13-14H2,1-2H3. The number of ether oxygens (including phenoxy) is 2. The third-order valence-corrected chi connectivity index (χ3v) is 12.8. The lowest BCUT2D eigenvalue weighted by atomic mass is 9.78. The molecule has 0 saturated carbocycles. The van der Waals surface area contributed by atoms with Crippen molar-refractivity contribution in [3.8, 4) is 11.5 Å². The Morgan fingerprint density at radius 2 is 0.971 bits per heavy atom. The van der Waals surface area contributed by atoms with Crippen molar-refractivity contribution in [3.05, 3.63) is 53.3 Å². The van der Waals surface area contributed by atoms with Crippen molar-refractivity contribution in [2.45, 2.75) is 54.6 Å². The van der Waals surface area contributed by atoms with Crippen LogP contribution in [0.3, 0.4) is 0 Å². The van der Waals surface area contributed by atoms with Gasteiger partial charge in [-0.1, -0.05) is 77.6 Å². The van der Waals surface area contributed by atoms with E-state index >= 15 is 0 Å². The highest BCUT2D eigenvalue weighted by molar-refractivity contribution is 9.12. The Balaban J connectivity index is 2.16. The summed E-state index contributed by atoms with van der Waals surface area (Å²) >= 11 is 29.2. The molecule has 0 aliphatic heterocycles. The lowest BCUT2D eigenvalue weighted by Crippen LogP contribution is -2.19. The van der Waals surface area contributed by atoms with E-state index in [1.165, 1.54) is 11.1 Å². The smallest absolute Gasteiger partial charge is 0.147 e. The monoisotopic (exact) mass is 992 g/mol. The first-order chi connectivity index (χ1) is 16.5. The molecule has 0 saturated heterocycles. The van der Waals surface area contributed by atoms with Crippen LogP contribution in [0.4, 0.5) is 0 Å². The Hall–Kier alpha value is 1.88. The molecule has 196 valence electrons. The third kappa shape index (κ3) is 10.1. The Kier molecular flexibility index (Phi) is 15.3. The maximum Gasteiger partial charge on any atom is 0.147 e. The van der Waals surface area contributed by atoms with Crippen molar-refractivity contribution in [1.29, 1.82) is 0 Å². The van der Waals surface area contributed by atoms with E-state index in [4.69, 9.17) is 9.47 Å². The average molecular weight is 1000 g/mol. The molecule has 0 aliphatic carbocycles. The fourth-order valence-electron chi connectivity index (χ4n) is 3.40. The predicted molar refractivity (Wildman–Crippen MR) is 178 cm³/mol. The topological polar surface area (TPSA) is 18.5 Å². The molecular formula is C25H28Br8O2. The van der Waals surface area contributed by atoms with Crippen LogP contribution in [0, 0.1) is 0 Å². The minimum absolute atomic E-state index is 0.245. The van der Waals surface area contributed by atoms with Crippen LogP contribution in [0.1, 0.15) is 50.7 Å². The van der Waals surface area contributed by atoms with Crippen molar-refractivity contribution >= 4 is 127 Å². The third-order valence-electron chi connectivity index (χ3n) is 5.59. The second kappa shape index (κ2) is 16.2. The van der Waals surface area contributed by atoms with Crippen molar-refractivity contribution < 1.29 is 9.47 Å². The van der Waals surface area contributed by atoms with E-state index in [2.05, 4.69) is 166 Å². The van der Waals surface area contributed by atoms with E-state index in [9.17, 15) is 0 Å². The molecule has 2 unspecified atom stereocenters. The summed E-state index contributed by atoms with van der Waals surface area (Å²) in [6.45, 7) is 5.79. The van der Waals surface area contributed by atoms with Crippen molar-refractivity contribution in [2.24, 2.45) is 0 Å². The molecule has 0 N–H and O–H groups in total. The van der Waals surface area contributed by atoms with Gasteiger partial charge in [-0.25, -0.2) is 0 Å². The zero-order valence-corrected chi connectivity index (χ0v) is 32.1. The van der Waals surface area contributed by atoms with Gasteiger partial charge in [0, 0.05) is 25.7 Å². The summed E-state index contributed by atoms with van der Waals surface area (Å²) in [5, 5.41) is 1.89. The van der Waals surface area contributed by atoms with Crippen LogP contribution >= 0.6 is 127 Å². The van der Waals surface area contributed by atoms with Crippen LogP contribution in [0.15, 0.2) is 42.2 Å². The van der Waals surface area contributed by atoms with Crippen LogP contribution in [-0.2, 0) is 5.41 Å². The minimum atomic E-state index is -0.245. The van der Waals surface area contributed by atoms with E-state index in [-0.39, 0.29) is 5.41 Å². The molecule has 0 fully saturated rings. The second-order valence-electron chi connectivity index (χ2n) is 8.65. The highest BCUT2D eigenvalue weighted by Gasteiger charge is 2.27. The summed E-state index contributed by atoms with van der Waals surface area (Å²) in [4.78, 5) is 0.940. The average Bonchev–Trinajstić information content (AvgIpc) is 2.81. The van der Waals surface area contributed by atoms with Crippen LogP contribution in [0.2, 0.25) is 0 Å². The van der Waals surface area contributed by atoms with Gasteiger partial charge in [-0.05, 0) is 125 Å². The highest BCUT2D eigenvalue weighted by atomic mass is 79.9. The molecule has 0 aliphatic rings. The maximum absolute atomic E-state index is 6.09. The second-order valence-corrected chi connectivity index (χ2v) is 15.9. The minimum Gasteiger partial charge on any atom is -0.491 e. The van der Waals surface area contributed by atoms with Gasteiger partial charge < -0.3 is 9.47 Å². The molecule has 0 radical (unpaired) electrons. The Morgan fingerprint density at radius 1 is 0.657 bits per heavy atom. The summed E-state index contributed by atoms with van der Waals surface area (Å²) in [6.07, 6.45) is 4.08. The number of alkyl halides is 4. The number of hydrogen-bond donors (Lipinski definition) is 0. The quantitative estimate of drug-likeness (QED) is 0.139. The van der Waals surface area contributed by atoms with Gasteiger partial charge in [-0.15, -0.1) is 0 Å². The molecule has 2 rings (SSSR count). The number of rotatable bonds is 14. The summed E-state index contributed by atoms with van der Waals surface area (Å²) in [7, 11) is 0. The molecule has 0 amide bonds. The molecule has 2 aromatic rings. The highest BCUT2D eigenvalue weighted by Crippen LogP contribution is 2.44. The molecule has 0 heterocycles. The molecule has 0 bridgehead atoms. The maximum atomic E-state index is 6.09. The van der Waals surface area contributed by atoms with Gasteiger partial charge in [0.1, 0.15) is 11.5 Å². The SMILES string of the molecule is CC(C)(c1cc(Br)c(OCCCC(Br)CBr)c(Br)c1)c1cc(Br)c(OCCCC(Br)CBr)c(Br)c1. The molecule has 35 heavy (non-hydrogen) atoms. The van der Waals surface area contributed by atoms with Gasteiger partial charge >= 0.3 is 0 Å². The number of benzene rings is 2. The van der Waals surface area contributed by atoms with Gasteiger partial charge in [-0.3, -0.25) is 0 Å². The largest absolute Gasteiger partial charge is 0.491 e. The van der Waals surface area contributed by atoms with Crippen molar-refractivity contribution in [3.63, 3.8) is 0 Å². The van der Waals surface area contributed by atoms with Crippen LogP contribution in [0.25, 0.3) is 0 Å². The van der Waals surface area contributed by atoms with E-state index < -0.39 is 0 Å². The number of hydrogen-bond acceptors (Lipinski definition) is 2. The van der Waals surface area contributed by atoms with Crippen LogP contribution in [-0.4, -0.2) is 33.5 Å². The first-order valence-electron chi connectivity index (χ1n) is 11.2. The first-order valence-corrected chi connectivity index (χ1v) is 18.4. The van der Waals surface area contributed by atoms with E-state index in [0.29, 0.717) is 22.9 Å². The van der Waals surface area contributed by atoms with E-state index in [0.717, 1.165) is 65.7 Å². The Morgan fingerprint density at radius 3 is 1.26 bits per heavy atom. The fourth-order valence-corrected chi connectivity index (χ4v) is 7.52. The molecule has 0 aromatic heterocycles. The summed E-state index contributed by atoms with van der Waals surface area (Å²) < 4.78 is 16.0. The van der Waals surface area contributed by atoms with Crippen LogP contribution < -0.4 is 9.47 Å². The lowest BCUT2D eigenvalue weighted by Gasteiger charge is -2.28. The van der Waals surface area contributed by atoms with Gasteiger partial charge in [0.05, 0.1) is 31.1 Å². The normalized spacial score (nSPS) is 13.5. The molecule has 10 heteroatoms. The zero-order chi connectivity index (χ0) is 26.2. The fraction of sp³-hybridized carbons (Fsp3) is 0.520.